The third-order valence-electron chi connectivity index (χ3n) is 4.58. The van der Waals surface area contributed by atoms with E-state index in [9.17, 15) is 14.0 Å². The van der Waals surface area contributed by atoms with Crippen LogP contribution in [0.1, 0.15) is 25.7 Å². The summed E-state index contributed by atoms with van der Waals surface area (Å²) in [6, 6.07) is 13.1. The molecule has 0 aliphatic heterocycles. The van der Waals surface area contributed by atoms with Crippen LogP contribution in [-0.2, 0) is 4.79 Å². The number of hydrogen-bond acceptors (Lipinski definition) is 4. The second kappa shape index (κ2) is 7.03. The van der Waals surface area contributed by atoms with Crippen molar-refractivity contribution in [3.05, 3.63) is 64.7 Å². The highest BCUT2D eigenvalue weighted by Crippen LogP contribution is 2.32. The summed E-state index contributed by atoms with van der Waals surface area (Å²) in [5.41, 5.74) is 0.379. The summed E-state index contributed by atoms with van der Waals surface area (Å²) < 4.78 is 15.7. The van der Waals surface area contributed by atoms with E-state index in [2.05, 4.69) is 4.98 Å². The molecule has 1 aliphatic carbocycles. The van der Waals surface area contributed by atoms with Crippen LogP contribution in [-0.4, -0.2) is 20.6 Å². The first-order valence-electron chi connectivity index (χ1n) is 8.61. The second-order valence-corrected chi connectivity index (χ2v) is 7.49. The van der Waals surface area contributed by atoms with Gasteiger partial charge in [0.25, 0.3) is 5.56 Å². The summed E-state index contributed by atoms with van der Waals surface area (Å²) in [6.07, 6.45) is 3.18. The first-order chi connectivity index (χ1) is 12.6. The van der Waals surface area contributed by atoms with E-state index in [1.54, 1.807) is 36.4 Å². The maximum absolute atomic E-state index is 14.4. The molecule has 3 aromatic rings. The van der Waals surface area contributed by atoms with Gasteiger partial charge in [0.15, 0.2) is 5.16 Å². The van der Waals surface area contributed by atoms with Gasteiger partial charge in [0, 0.05) is 6.42 Å². The molecular formula is C20H17FN2O2S. The molecule has 0 N–H and O–H groups in total. The highest BCUT2D eigenvalue weighted by molar-refractivity contribution is 8.00. The molecule has 26 heavy (non-hydrogen) atoms. The molecule has 1 aromatic heterocycles. The molecule has 2 aromatic carbocycles. The number of hydrogen-bond donors (Lipinski definition) is 0. The van der Waals surface area contributed by atoms with Crippen molar-refractivity contribution < 1.29 is 9.18 Å². The molecule has 4 rings (SSSR count). The zero-order chi connectivity index (χ0) is 18.1. The van der Waals surface area contributed by atoms with E-state index in [1.165, 1.54) is 22.4 Å². The molecule has 0 amide bonds. The highest BCUT2D eigenvalue weighted by atomic mass is 32.2. The lowest BCUT2D eigenvalue weighted by Crippen LogP contribution is -2.26. The Bertz CT molecular complexity index is 1050. The standard InChI is InChI=1S/C20H17FN2O2S/c21-14-8-2-4-10-16(14)23-19(25)13-7-1-3-9-15(13)22-20(23)26-18-12-6-5-11-17(18)24/h1-4,7-10,18H,5-6,11-12H2/t18-/m1/s1. The lowest BCUT2D eigenvalue weighted by molar-refractivity contribution is -0.119. The van der Waals surface area contributed by atoms with Gasteiger partial charge in [0.1, 0.15) is 11.6 Å². The third-order valence-corrected chi connectivity index (χ3v) is 5.85. The first-order valence-corrected chi connectivity index (χ1v) is 9.49. The van der Waals surface area contributed by atoms with Crippen molar-refractivity contribution in [1.82, 2.24) is 9.55 Å². The molecule has 1 fully saturated rings. The molecule has 1 saturated carbocycles. The smallest absolute Gasteiger partial charge is 0.266 e. The quantitative estimate of drug-likeness (QED) is 0.653. The predicted octanol–water partition coefficient (Wildman–Crippen LogP) is 4.13. The minimum Gasteiger partial charge on any atom is -0.298 e. The molecule has 4 nitrogen and oxygen atoms in total. The Morgan fingerprint density at radius 2 is 1.81 bits per heavy atom. The van der Waals surface area contributed by atoms with Crippen LogP contribution < -0.4 is 5.56 Å². The normalized spacial score (nSPS) is 17.6. The molecular weight excluding hydrogens is 351 g/mol. The molecule has 1 heterocycles. The van der Waals surface area contributed by atoms with Crippen molar-refractivity contribution >= 4 is 28.4 Å². The van der Waals surface area contributed by atoms with Crippen molar-refractivity contribution in [3.8, 4) is 5.69 Å². The zero-order valence-corrected chi connectivity index (χ0v) is 14.8. The fourth-order valence-corrected chi connectivity index (χ4v) is 4.47. The molecule has 132 valence electrons. The summed E-state index contributed by atoms with van der Waals surface area (Å²) in [6.45, 7) is 0. The maximum atomic E-state index is 14.4. The number of ketones is 1. The topological polar surface area (TPSA) is 52.0 Å². The van der Waals surface area contributed by atoms with Crippen molar-refractivity contribution in [3.63, 3.8) is 0 Å². The average Bonchev–Trinajstić information content (AvgIpc) is 2.65. The van der Waals surface area contributed by atoms with E-state index in [1.807, 2.05) is 6.07 Å². The monoisotopic (exact) mass is 368 g/mol. The van der Waals surface area contributed by atoms with Gasteiger partial charge in [-0.1, -0.05) is 42.4 Å². The van der Waals surface area contributed by atoms with Gasteiger partial charge in [-0.05, 0) is 37.1 Å². The number of carbonyl (C=O) groups is 1. The molecule has 0 saturated heterocycles. The lowest BCUT2D eigenvalue weighted by atomic mass is 9.99. The Kier molecular flexibility index (Phi) is 4.59. The number of thioether (sulfide) groups is 1. The number of aromatic nitrogens is 2. The summed E-state index contributed by atoms with van der Waals surface area (Å²) >= 11 is 1.27. The number of rotatable bonds is 3. The predicted molar refractivity (Wildman–Crippen MR) is 100 cm³/mol. The van der Waals surface area contributed by atoms with Gasteiger partial charge in [0.05, 0.1) is 21.8 Å². The van der Waals surface area contributed by atoms with E-state index in [0.717, 1.165) is 19.3 Å². The minimum absolute atomic E-state index is 0.154. The Labute approximate surface area is 154 Å². The number of fused-ring (bicyclic) bond motifs is 1. The van der Waals surface area contributed by atoms with Crippen molar-refractivity contribution in [2.45, 2.75) is 36.1 Å². The van der Waals surface area contributed by atoms with Crippen molar-refractivity contribution in [2.24, 2.45) is 0 Å². The molecule has 0 bridgehead atoms. The molecule has 0 unspecified atom stereocenters. The third kappa shape index (κ3) is 3.05. The molecule has 0 spiro atoms. The van der Waals surface area contributed by atoms with Gasteiger partial charge in [-0.3, -0.25) is 14.2 Å². The van der Waals surface area contributed by atoms with Gasteiger partial charge in [-0.25, -0.2) is 9.37 Å². The molecule has 1 aliphatic rings. The molecule has 6 heteroatoms. The fraction of sp³-hybridized carbons (Fsp3) is 0.250. The summed E-state index contributed by atoms with van der Waals surface area (Å²) in [5, 5.41) is 0.545. The lowest BCUT2D eigenvalue weighted by Gasteiger charge is -2.21. The molecule has 1 atom stereocenters. The SMILES string of the molecule is O=C1CCCC[C@H]1Sc1nc2ccccc2c(=O)n1-c1ccccc1F. The van der Waals surface area contributed by atoms with Gasteiger partial charge < -0.3 is 0 Å². The second-order valence-electron chi connectivity index (χ2n) is 6.32. The van der Waals surface area contributed by atoms with Gasteiger partial charge in [0.2, 0.25) is 0 Å². The fourth-order valence-electron chi connectivity index (χ4n) is 3.24. The number of halogens is 1. The number of nitrogens with zero attached hydrogens (tertiary/aromatic N) is 2. The number of benzene rings is 2. The van der Waals surface area contributed by atoms with E-state index in [-0.39, 0.29) is 22.3 Å². The van der Waals surface area contributed by atoms with Crippen LogP contribution in [0, 0.1) is 5.82 Å². The number of Topliss-reactive ketones (excluding diaryl/α,β-unsaturated/α-hetero) is 1. The van der Waals surface area contributed by atoms with Crippen molar-refractivity contribution in [1.29, 1.82) is 0 Å². The van der Waals surface area contributed by atoms with Crippen LogP contribution in [0.4, 0.5) is 4.39 Å². The van der Waals surface area contributed by atoms with Crippen molar-refractivity contribution in [2.75, 3.05) is 0 Å². The number of carbonyl (C=O) groups excluding carboxylic acids is 1. The molecule has 0 radical (unpaired) electrons. The van der Waals surface area contributed by atoms with Crippen LogP contribution in [0.3, 0.4) is 0 Å². The van der Waals surface area contributed by atoms with E-state index < -0.39 is 5.82 Å². The Morgan fingerprint density at radius 1 is 1.04 bits per heavy atom. The Balaban J connectivity index is 1.92. The Morgan fingerprint density at radius 3 is 2.62 bits per heavy atom. The van der Waals surface area contributed by atoms with E-state index >= 15 is 0 Å². The van der Waals surface area contributed by atoms with Crippen LogP contribution in [0.2, 0.25) is 0 Å². The highest BCUT2D eigenvalue weighted by Gasteiger charge is 2.26. The van der Waals surface area contributed by atoms with Gasteiger partial charge in [-0.15, -0.1) is 0 Å². The van der Waals surface area contributed by atoms with Crippen LogP contribution in [0.25, 0.3) is 16.6 Å². The van der Waals surface area contributed by atoms with E-state index in [4.69, 9.17) is 0 Å². The minimum atomic E-state index is -0.497. The first kappa shape index (κ1) is 17.0. The maximum Gasteiger partial charge on any atom is 0.266 e. The summed E-state index contributed by atoms with van der Waals surface area (Å²) in [5.74, 6) is -0.327. The zero-order valence-electron chi connectivity index (χ0n) is 14.0. The largest absolute Gasteiger partial charge is 0.298 e. The van der Waals surface area contributed by atoms with Gasteiger partial charge in [-0.2, -0.15) is 0 Å². The van der Waals surface area contributed by atoms with Crippen LogP contribution in [0.5, 0.6) is 0 Å². The van der Waals surface area contributed by atoms with Gasteiger partial charge >= 0.3 is 0 Å². The average molecular weight is 368 g/mol. The number of para-hydroxylation sites is 2. The summed E-state index contributed by atoms with van der Waals surface area (Å²) in [4.78, 5) is 29.9. The Hall–Kier alpha value is -2.47. The van der Waals surface area contributed by atoms with E-state index in [0.29, 0.717) is 22.5 Å². The summed E-state index contributed by atoms with van der Waals surface area (Å²) in [7, 11) is 0. The van der Waals surface area contributed by atoms with Crippen LogP contribution >= 0.6 is 11.8 Å². The van der Waals surface area contributed by atoms with Crippen LogP contribution in [0.15, 0.2) is 58.5 Å².